The molecule has 0 aliphatic rings. The van der Waals surface area contributed by atoms with Crippen LogP contribution in [0.3, 0.4) is 0 Å². The predicted molar refractivity (Wildman–Crippen MR) is 147 cm³/mol. The van der Waals surface area contributed by atoms with Crippen molar-refractivity contribution < 1.29 is 14.3 Å². The number of nitrogens with one attached hydrogen (secondary N) is 2. The van der Waals surface area contributed by atoms with Crippen molar-refractivity contribution in [2.75, 3.05) is 11.9 Å². The number of halogens is 1. The van der Waals surface area contributed by atoms with E-state index >= 15 is 0 Å². The number of hydrazone groups is 1. The highest BCUT2D eigenvalue weighted by molar-refractivity contribution is 6.33. The number of anilines is 1. The van der Waals surface area contributed by atoms with Gasteiger partial charge < -0.3 is 14.6 Å². The zero-order valence-electron chi connectivity index (χ0n) is 20.8. The highest BCUT2D eigenvalue weighted by atomic mass is 35.5. The second-order valence-corrected chi connectivity index (χ2v) is 8.94. The number of amides is 2. The quantitative estimate of drug-likeness (QED) is 0.229. The van der Waals surface area contributed by atoms with E-state index in [0.29, 0.717) is 16.3 Å². The minimum Gasteiger partial charge on any atom is -0.484 e. The van der Waals surface area contributed by atoms with E-state index in [1.807, 2.05) is 67.8 Å². The molecule has 0 radical (unpaired) electrons. The van der Waals surface area contributed by atoms with E-state index in [4.69, 9.17) is 16.3 Å². The largest absolute Gasteiger partial charge is 0.484 e. The van der Waals surface area contributed by atoms with Crippen molar-refractivity contribution in [3.63, 3.8) is 0 Å². The topological polar surface area (TPSA) is 84.7 Å². The molecule has 0 spiro atoms. The summed E-state index contributed by atoms with van der Waals surface area (Å²) in [6.07, 6.45) is 1.52. The zero-order valence-corrected chi connectivity index (χ0v) is 21.5. The summed E-state index contributed by atoms with van der Waals surface area (Å²) in [7, 11) is 0. The predicted octanol–water partition coefficient (Wildman–Crippen LogP) is 5.84. The highest BCUT2D eigenvalue weighted by Gasteiger charge is 2.13. The summed E-state index contributed by atoms with van der Waals surface area (Å²) < 4.78 is 7.61. The van der Waals surface area contributed by atoms with Crippen molar-refractivity contribution in [3.05, 3.63) is 112 Å². The maximum absolute atomic E-state index is 12.7. The molecule has 0 aliphatic heterocycles. The third-order valence-electron chi connectivity index (χ3n) is 5.77. The molecular weight excluding hydrogens is 488 g/mol. The molecule has 0 atom stereocenters. The maximum Gasteiger partial charge on any atom is 0.272 e. The van der Waals surface area contributed by atoms with Gasteiger partial charge in [0.1, 0.15) is 5.75 Å². The van der Waals surface area contributed by atoms with E-state index in [1.165, 1.54) is 6.21 Å². The molecule has 4 aromatic rings. The number of carbonyl (C=O) groups excluding carboxylic acids is 2. The first-order valence-corrected chi connectivity index (χ1v) is 12.1. The summed E-state index contributed by atoms with van der Waals surface area (Å²) >= 11 is 6.29. The van der Waals surface area contributed by atoms with Crippen LogP contribution >= 0.6 is 11.6 Å². The normalized spacial score (nSPS) is 10.9. The first-order chi connectivity index (χ1) is 17.8. The number of aryl methyl sites for hydroxylation is 3. The number of hydrogen-bond acceptors (Lipinski definition) is 4. The minimum atomic E-state index is -0.412. The van der Waals surface area contributed by atoms with Gasteiger partial charge >= 0.3 is 0 Å². The zero-order chi connectivity index (χ0) is 26.4. The summed E-state index contributed by atoms with van der Waals surface area (Å²) in [5, 5.41) is 7.22. The lowest BCUT2D eigenvalue weighted by atomic mass is 10.2. The molecular formula is C29H27ClN4O3. The van der Waals surface area contributed by atoms with E-state index in [1.54, 1.807) is 36.4 Å². The number of ether oxygens (including phenoxy) is 1. The van der Waals surface area contributed by atoms with E-state index in [0.717, 1.165) is 33.9 Å². The number of hydrogen-bond donors (Lipinski definition) is 2. The fourth-order valence-electron chi connectivity index (χ4n) is 3.83. The molecule has 0 bridgehead atoms. The van der Waals surface area contributed by atoms with Crippen molar-refractivity contribution in [1.82, 2.24) is 9.99 Å². The van der Waals surface area contributed by atoms with Crippen molar-refractivity contribution in [3.8, 4) is 11.4 Å². The second kappa shape index (κ2) is 11.6. The van der Waals surface area contributed by atoms with Gasteiger partial charge in [-0.15, -0.1) is 0 Å². The Kier molecular flexibility index (Phi) is 8.05. The summed E-state index contributed by atoms with van der Waals surface area (Å²) in [5.41, 5.74) is 8.30. The first kappa shape index (κ1) is 25.7. The van der Waals surface area contributed by atoms with Crippen LogP contribution in [0.5, 0.6) is 5.75 Å². The monoisotopic (exact) mass is 514 g/mol. The molecule has 0 saturated heterocycles. The van der Waals surface area contributed by atoms with Gasteiger partial charge in [-0.05, 0) is 92.6 Å². The van der Waals surface area contributed by atoms with Crippen LogP contribution in [-0.2, 0) is 4.79 Å². The van der Waals surface area contributed by atoms with Crippen LogP contribution in [0.4, 0.5) is 5.69 Å². The average Bonchev–Trinajstić information content (AvgIpc) is 3.23. The smallest absolute Gasteiger partial charge is 0.272 e. The molecule has 1 aromatic heterocycles. The van der Waals surface area contributed by atoms with E-state index in [9.17, 15) is 9.59 Å². The second-order valence-electron chi connectivity index (χ2n) is 8.54. The van der Waals surface area contributed by atoms with Gasteiger partial charge in [0.2, 0.25) is 0 Å². The average molecular weight is 515 g/mol. The van der Waals surface area contributed by atoms with Crippen LogP contribution < -0.4 is 15.5 Å². The molecule has 8 heteroatoms. The molecule has 4 rings (SSSR count). The molecule has 2 N–H and O–H groups in total. The Morgan fingerprint density at radius 3 is 2.35 bits per heavy atom. The lowest BCUT2D eigenvalue weighted by Crippen LogP contribution is -2.20. The number of nitrogens with zero attached hydrogens (tertiary/aromatic N) is 2. The molecule has 7 nitrogen and oxygen atoms in total. The summed E-state index contributed by atoms with van der Waals surface area (Å²) in [5.74, 6) is -0.113. The summed E-state index contributed by atoms with van der Waals surface area (Å²) in [4.78, 5) is 24.9. The Balaban J connectivity index is 1.32. The fourth-order valence-corrected chi connectivity index (χ4v) is 4.03. The Bertz CT molecular complexity index is 1440. The van der Waals surface area contributed by atoms with E-state index in [-0.39, 0.29) is 12.5 Å². The lowest BCUT2D eigenvalue weighted by Gasteiger charge is -2.12. The third kappa shape index (κ3) is 6.45. The molecule has 188 valence electrons. The Morgan fingerprint density at radius 1 is 0.946 bits per heavy atom. The summed E-state index contributed by atoms with van der Waals surface area (Å²) in [6, 6.07) is 23.9. The third-order valence-corrected chi connectivity index (χ3v) is 6.10. The molecule has 37 heavy (non-hydrogen) atoms. The summed E-state index contributed by atoms with van der Waals surface area (Å²) in [6.45, 7) is 5.82. The Morgan fingerprint density at radius 2 is 1.65 bits per heavy atom. The van der Waals surface area contributed by atoms with E-state index < -0.39 is 5.91 Å². The van der Waals surface area contributed by atoms with Gasteiger partial charge in [-0.25, -0.2) is 5.43 Å². The van der Waals surface area contributed by atoms with Crippen molar-refractivity contribution in [1.29, 1.82) is 0 Å². The van der Waals surface area contributed by atoms with Crippen molar-refractivity contribution >= 4 is 35.3 Å². The van der Waals surface area contributed by atoms with Gasteiger partial charge in [0.15, 0.2) is 6.61 Å². The molecule has 0 saturated carbocycles. The highest BCUT2D eigenvalue weighted by Crippen LogP contribution is 2.23. The molecule has 3 aromatic carbocycles. The maximum atomic E-state index is 12.7. The molecule has 0 unspecified atom stereocenters. The number of benzene rings is 3. The number of para-hydroxylation sites is 1. The Hall–Kier alpha value is -4.36. The van der Waals surface area contributed by atoms with Gasteiger partial charge in [0, 0.05) is 22.8 Å². The van der Waals surface area contributed by atoms with Crippen LogP contribution in [0.15, 0.2) is 84.0 Å². The van der Waals surface area contributed by atoms with Gasteiger partial charge in [0.25, 0.3) is 11.8 Å². The van der Waals surface area contributed by atoms with Crippen LogP contribution in [0.1, 0.15) is 32.9 Å². The molecule has 0 fully saturated rings. The molecule has 2 amide bonds. The fraction of sp³-hybridized carbons (Fsp3) is 0.138. The number of aromatic nitrogens is 1. The standard InChI is InChI=1S/C29H27ClN4O3/c1-19-6-4-5-7-27(19)32-28(35)18-37-24-13-10-22(11-14-24)17-31-33-29(36)25-16-23(12-15-26(25)30)34-20(2)8-9-21(34)3/h4-17H,18H2,1-3H3,(H,32,35)(H,33,36). The first-order valence-electron chi connectivity index (χ1n) is 11.7. The lowest BCUT2D eigenvalue weighted by molar-refractivity contribution is -0.118. The van der Waals surface area contributed by atoms with Crippen LogP contribution in [0, 0.1) is 20.8 Å². The SMILES string of the molecule is Cc1ccccc1NC(=O)COc1ccc(C=NNC(=O)c2cc(-n3c(C)ccc3C)ccc2Cl)cc1. The van der Waals surface area contributed by atoms with Gasteiger partial charge in [-0.1, -0.05) is 29.8 Å². The van der Waals surface area contributed by atoms with Crippen molar-refractivity contribution in [2.45, 2.75) is 20.8 Å². The van der Waals surface area contributed by atoms with Crippen LogP contribution in [0.2, 0.25) is 5.02 Å². The van der Waals surface area contributed by atoms with Gasteiger partial charge in [0.05, 0.1) is 16.8 Å². The van der Waals surface area contributed by atoms with E-state index in [2.05, 4.69) is 15.8 Å². The number of carbonyl (C=O) groups is 2. The molecule has 0 aliphatic carbocycles. The number of rotatable bonds is 8. The van der Waals surface area contributed by atoms with Crippen LogP contribution in [-0.4, -0.2) is 29.2 Å². The molecule has 1 heterocycles. The minimum absolute atomic E-state index is 0.111. The van der Waals surface area contributed by atoms with Crippen molar-refractivity contribution in [2.24, 2.45) is 5.10 Å². The van der Waals surface area contributed by atoms with Gasteiger partial charge in [-0.3, -0.25) is 9.59 Å². The van der Waals surface area contributed by atoms with Gasteiger partial charge in [-0.2, -0.15) is 5.10 Å². The Labute approximate surface area is 220 Å². The van der Waals surface area contributed by atoms with Crippen LogP contribution in [0.25, 0.3) is 5.69 Å².